The third-order valence-electron chi connectivity index (χ3n) is 2.48. The van der Waals surface area contributed by atoms with Gasteiger partial charge in [-0.05, 0) is 18.2 Å². The first-order valence-electron chi connectivity index (χ1n) is 5.47. The molecule has 0 bridgehead atoms. The Hall–Kier alpha value is -2.45. The summed E-state index contributed by atoms with van der Waals surface area (Å²) in [5.41, 5.74) is -0.213. The predicted octanol–water partition coefficient (Wildman–Crippen LogP) is 3.26. The van der Waals surface area contributed by atoms with Crippen LogP contribution in [0.5, 0.6) is 0 Å². The number of amides is 1. The van der Waals surface area contributed by atoms with E-state index in [4.69, 9.17) is 16.7 Å². The molecule has 21 heavy (non-hydrogen) atoms. The summed E-state index contributed by atoms with van der Waals surface area (Å²) >= 11 is 6.56. The molecule has 0 unspecified atom stereocenters. The molecule has 9 heteroatoms. The largest absolute Gasteiger partial charge is 0.478 e. The zero-order valence-corrected chi connectivity index (χ0v) is 11.8. The van der Waals surface area contributed by atoms with Gasteiger partial charge in [0.05, 0.1) is 26.1 Å². The number of nitrogens with one attached hydrogen (secondary N) is 1. The minimum atomic E-state index is -1.25. The van der Waals surface area contributed by atoms with Crippen molar-refractivity contribution >= 4 is 45.5 Å². The highest BCUT2D eigenvalue weighted by Crippen LogP contribution is 2.29. The monoisotopic (exact) mass is 326 g/mol. The molecule has 0 fully saturated rings. The standard InChI is InChI=1S/C12H7ClN2O5S/c13-7-3-1-2-6(12(17)18)10(7)14-11(16)8-4-5-9(21-8)15(19)20/h1-5H,(H,14,16)(H,17,18). The SMILES string of the molecule is O=C(Nc1c(Cl)cccc1C(=O)O)c1ccc([N+](=O)[O-])s1. The molecule has 108 valence electrons. The summed E-state index contributed by atoms with van der Waals surface area (Å²) in [6.45, 7) is 0. The number of carbonyl (C=O) groups is 2. The summed E-state index contributed by atoms with van der Waals surface area (Å²) in [7, 11) is 0. The van der Waals surface area contributed by atoms with Gasteiger partial charge in [-0.25, -0.2) is 4.79 Å². The minimum Gasteiger partial charge on any atom is -0.478 e. The topological polar surface area (TPSA) is 110 Å². The lowest BCUT2D eigenvalue weighted by Crippen LogP contribution is -2.14. The fourth-order valence-corrected chi connectivity index (χ4v) is 2.49. The van der Waals surface area contributed by atoms with Crippen LogP contribution in [0.4, 0.5) is 10.7 Å². The molecule has 1 aromatic carbocycles. The number of carboxylic acid groups (broad SMARTS) is 1. The average Bonchev–Trinajstić information content (AvgIpc) is 2.90. The number of carboxylic acids is 1. The number of para-hydroxylation sites is 1. The Bertz CT molecular complexity index is 743. The third kappa shape index (κ3) is 3.18. The molecule has 0 aliphatic rings. The maximum atomic E-state index is 12.0. The van der Waals surface area contributed by atoms with Gasteiger partial charge in [0.15, 0.2) is 0 Å². The van der Waals surface area contributed by atoms with E-state index in [1.165, 1.54) is 30.3 Å². The lowest BCUT2D eigenvalue weighted by molar-refractivity contribution is -0.380. The Labute approximate surface area is 126 Å². The highest BCUT2D eigenvalue weighted by atomic mass is 35.5. The average molecular weight is 327 g/mol. The quantitative estimate of drug-likeness (QED) is 0.662. The van der Waals surface area contributed by atoms with Crippen molar-refractivity contribution in [2.75, 3.05) is 5.32 Å². The molecule has 2 rings (SSSR count). The van der Waals surface area contributed by atoms with Crippen molar-refractivity contribution in [3.05, 3.63) is 55.9 Å². The Kier molecular flexibility index (Phi) is 4.20. The number of rotatable bonds is 4. The van der Waals surface area contributed by atoms with Gasteiger partial charge in [-0.3, -0.25) is 14.9 Å². The number of hydrogen-bond acceptors (Lipinski definition) is 5. The number of benzene rings is 1. The van der Waals surface area contributed by atoms with E-state index in [-0.39, 0.29) is 26.2 Å². The van der Waals surface area contributed by atoms with Crippen LogP contribution in [-0.4, -0.2) is 21.9 Å². The molecule has 2 aromatic rings. The van der Waals surface area contributed by atoms with E-state index in [0.717, 1.165) is 0 Å². The van der Waals surface area contributed by atoms with Crippen molar-refractivity contribution in [1.82, 2.24) is 0 Å². The number of nitrogens with zero attached hydrogens (tertiary/aromatic N) is 1. The van der Waals surface area contributed by atoms with Crippen LogP contribution in [-0.2, 0) is 0 Å². The van der Waals surface area contributed by atoms with E-state index in [9.17, 15) is 19.7 Å². The maximum absolute atomic E-state index is 12.0. The Morgan fingerprint density at radius 3 is 2.57 bits per heavy atom. The van der Waals surface area contributed by atoms with Crippen molar-refractivity contribution in [2.45, 2.75) is 0 Å². The summed E-state index contributed by atoms with van der Waals surface area (Å²) in [6, 6.07) is 6.65. The second-order valence-corrected chi connectivity index (χ2v) is 5.29. The second kappa shape index (κ2) is 5.90. The van der Waals surface area contributed by atoms with Crippen LogP contribution in [0.25, 0.3) is 0 Å². The summed E-state index contributed by atoms with van der Waals surface area (Å²) in [6.07, 6.45) is 0. The van der Waals surface area contributed by atoms with E-state index in [1.807, 2.05) is 0 Å². The molecule has 1 heterocycles. The van der Waals surface area contributed by atoms with Gasteiger partial charge < -0.3 is 10.4 Å². The second-order valence-electron chi connectivity index (χ2n) is 3.82. The van der Waals surface area contributed by atoms with Crippen LogP contribution in [0.15, 0.2) is 30.3 Å². The first-order valence-corrected chi connectivity index (χ1v) is 6.67. The molecule has 0 aliphatic carbocycles. The van der Waals surface area contributed by atoms with E-state index in [0.29, 0.717) is 11.3 Å². The predicted molar refractivity (Wildman–Crippen MR) is 77.3 cm³/mol. The molecule has 0 saturated carbocycles. The molecular weight excluding hydrogens is 320 g/mol. The highest BCUT2D eigenvalue weighted by molar-refractivity contribution is 7.17. The van der Waals surface area contributed by atoms with Crippen LogP contribution in [0.1, 0.15) is 20.0 Å². The lowest BCUT2D eigenvalue weighted by atomic mass is 10.1. The van der Waals surface area contributed by atoms with Gasteiger partial charge in [0.2, 0.25) is 0 Å². The molecule has 0 radical (unpaired) electrons. The zero-order valence-electron chi connectivity index (χ0n) is 10.2. The number of hydrogen-bond donors (Lipinski definition) is 2. The number of anilines is 1. The van der Waals surface area contributed by atoms with Gasteiger partial charge in [0.1, 0.15) is 0 Å². The Balaban J connectivity index is 2.31. The van der Waals surface area contributed by atoms with Crippen molar-refractivity contribution in [1.29, 1.82) is 0 Å². The molecule has 0 atom stereocenters. The first kappa shape index (κ1) is 14.9. The number of aromatic carboxylic acids is 1. The molecular formula is C12H7ClN2O5S. The summed E-state index contributed by atoms with van der Waals surface area (Å²) in [5, 5.41) is 21.9. The van der Waals surface area contributed by atoms with Gasteiger partial charge >= 0.3 is 11.0 Å². The normalized spacial score (nSPS) is 10.1. The van der Waals surface area contributed by atoms with Gasteiger partial charge in [-0.15, -0.1) is 0 Å². The van der Waals surface area contributed by atoms with Crippen molar-refractivity contribution in [3.63, 3.8) is 0 Å². The minimum absolute atomic E-state index is 0.0484. The fourth-order valence-electron chi connectivity index (χ4n) is 1.55. The van der Waals surface area contributed by atoms with Gasteiger partial charge in [-0.2, -0.15) is 0 Å². The van der Waals surface area contributed by atoms with Crippen LogP contribution in [0.2, 0.25) is 5.02 Å². The summed E-state index contributed by atoms with van der Waals surface area (Å²) in [4.78, 5) is 33.1. The molecule has 1 aromatic heterocycles. The van der Waals surface area contributed by atoms with Crippen LogP contribution < -0.4 is 5.32 Å². The van der Waals surface area contributed by atoms with Gasteiger partial charge in [0, 0.05) is 6.07 Å². The van der Waals surface area contributed by atoms with E-state index >= 15 is 0 Å². The van der Waals surface area contributed by atoms with Gasteiger partial charge in [-0.1, -0.05) is 29.0 Å². The van der Waals surface area contributed by atoms with E-state index < -0.39 is 16.8 Å². The van der Waals surface area contributed by atoms with Crippen molar-refractivity contribution in [3.8, 4) is 0 Å². The Morgan fingerprint density at radius 2 is 2.00 bits per heavy atom. The molecule has 1 amide bonds. The number of thiophene rings is 1. The summed E-state index contributed by atoms with van der Waals surface area (Å²) < 4.78 is 0. The molecule has 0 aliphatic heterocycles. The lowest BCUT2D eigenvalue weighted by Gasteiger charge is -2.09. The zero-order chi connectivity index (χ0) is 15.6. The smallest absolute Gasteiger partial charge is 0.337 e. The first-order chi connectivity index (χ1) is 9.90. The van der Waals surface area contributed by atoms with Crippen molar-refractivity contribution in [2.24, 2.45) is 0 Å². The molecule has 0 saturated heterocycles. The Morgan fingerprint density at radius 1 is 1.29 bits per heavy atom. The van der Waals surface area contributed by atoms with Crippen LogP contribution in [0, 0.1) is 10.1 Å². The summed E-state index contributed by atoms with van der Waals surface area (Å²) in [5.74, 6) is -1.91. The highest BCUT2D eigenvalue weighted by Gasteiger charge is 2.19. The molecule has 7 nitrogen and oxygen atoms in total. The third-order valence-corrected chi connectivity index (χ3v) is 3.83. The maximum Gasteiger partial charge on any atom is 0.337 e. The number of nitro groups is 1. The fraction of sp³-hybridized carbons (Fsp3) is 0. The van der Waals surface area contributed by atoms with Crippen LogP contribution >= 0.6 is 22.9 Å². The van der Waals surface area contributed by atoms with E-state index in [1.54, 1.807) is 0 Å². The number of halogens is 1. The molecule has 0 spiro atoms. The van der Waals surface area contributed by atoms with Crippen molar-refractivity contribution < 1.29 is 19.6 Å². The number of carbonyl (C=O) groups excluding carboxylic acids is 1. The van der Waals surface area contributed by atoms with E-state index in [2.05, 4.69) is 5.32 Å². The van der Waals surface area contributed by atoms with Crippen LogP contribution in [0.3, 0.4) is 0 Å². The molecule has 2 N–H and O–H groups in total. The van der Waals surface area contributed by atoms with Gasteiger partial charge in [0.25, 0.3) is 5.91 Å².